The minimum Gasteiger partial charge on any atom is -0.462 e. The second kappa shape index (κ2) is 11.1. The van der Waals surface area contributed by atoms with E-state index in [0.29, 0.717) is 0 Å². The van der Waals surface area contributed by atoms with Crippen LogP contribution in [0.15, 0.2) is 17.1 Å². The first-order valence-corrected chi connectivity index (χ1v) is 6.44. The van der Waals surface area contributed by atoms with Crippen LogP contribution in [0.3, 0.4) is 0 Å². The summed E-state index contributed by atoms with van der Waals surface area (Å²) in [4.78, 5) is 37.0. The van der Waals surface area contributed by atoms with Gasteiger partial charge in [0.1, 0.15) is 6.61 Å². The van der Waals surface area contributed by atoms with Gasteiger partial charge in [-0.15, -0.1) is 6.42 Å². The third-order valence-electron chi connectivity index (χ3n) is 2.11. The van der Waals surface area contributed by atoms with Crippen molar-refractivity contribution in [2.75, 3.05) is 13.2 Å². The van der Waals surface area contributed by atoms with Crippen LogP contribution in [0.5, 0.6) is 0 Å². The van der Waals surface area contributed by atoms with Crippen LogP contribution >= 0.6 is 0 Å². The summed E-state index contributed by atoms with van der Waals surface area (Å²) in [5.41, 5.74) is 0. The predicted octanol–water partition coefficient (Wildman–Crippen LogP) is 0.673. The highest BCUT2D eigenvalue weighted by molar-refractivity contribution is 5.72. The number of esters is 3. The Morgan fingerprint density at radius 3 is 2.27 bits per heavy atom. The van der Waals surface area contributed by atoms with Gasteiger partial charge >= 0.3 is 17.9 Å². The summed E-state index contributed by atoms with van der Waals surface area (Å²) in [6, 6.07) is 0. The molecule has 7 nitrogen and oxygen atoms in total. The summed E-state index contributed by atoms with van der Waals surface area (Å²) >= 11 is 0. The molecule has 0 unspecified atom stereocenters. The first-order chi connectivity index (χ1) is 10.4. The predicted molar refractivity (Wildman–Crippen MR) is 79.1 cm³/mol. The van der Waals surface area contributed by atoms with E-state index in [1.807, 2.05) is 0 Å². The van der Waals surface area contributed by atoms with Crippen LogP contribution in [-0.2, 0) is 28.6 Å². The van der Waals surface area contributed by atoms with Crippen molar-refractivity contribution in [1.29, 1.82) is 0 Å². The first kappa shape index (κ1) is 19.4. The van der Waals surface area contributed by atoms with Crippen molar-refractivity contribution in [3.63, 3.8) is 0 Å². The Bertz CT molecular complexity index is 489. The molecule has 0 aromatic rings. The van der Waals surface area contributed by atoms with Crippen molar-refractivity contribution in [3.05, 3.63) is 12.2 Å². The molecule has 0 fully saturated rings. The molecule has 0 heterocycles. The van der Waals surface area contributed by atoms with Gasteiger partial charge < -0.3 is 14.2 Å². The third kappa shape index (κ3) is 10.2. The SMILES string of the molecule is C#CCN=C/C=C/[C@H](OC(C)=O)[C@@H](COC(C)=O)OC(C)=O. The van der Waals surface area contributed by atoms with Crippen molar-refractivity contribution in [3.8, 4) is 12.3 Å². The molecule has 22 heavy (non-hydrogen) atoms. The fourth-order valence-electron chi connectivity index (χ4n) is 1.36. The van der Waals surface area contributed by atoms with E-state index in [-0.39, 0.29) is 13.2 Å². The largest absolute Gasteiger partial charge is 0.462 e. The second-order valence-electron chi connectivity index (χ2n) is 4.10. The number of aliphatic imine (C=N–C) groups is 1. The molecule has 0 aliphatic heterocycles. The van der Waals surface area contributed by atoms with E-state index in [2.05, 4.69) is 10.9 Å². The van der Waals surface area contributed by atoms with Crippen LogP contribution in [0.1, 0.15) is 20.8 Å². The highest BCUT2D eigenvalue weighted by atomic mass is 16.6. The van der Waals surface area contributed by atoms with Crippen LogP contribution in [0.4, 0.5) is 0 Å². The van der Waals surface area contributed by atoms with Crippen molar-refractivity contribution in [1.82, 2.24) is 0 Å². The monoisotopic (exact) mass is 309 g/mol. The Morgan fingerprint density at radius 2 is 1.77 bits per heavy atom. The van der Waals surface area contributed by atoms with Crippen molar-refractivity contribution < 1.29 is 28.6 Å². The standard InChI is InChI=1S/C15H19NO6/c1-5-8-16-9-6-7-14(21-12(3)18)15(22-13(4)19)10-20-11(2)17/h1,6-7,9,14-15H,8,10H2,2-4H3/b7-6+,16-9?/t14-,15+/m0/s1. The molecule has 0 saturated heterocycles. The lowest BCUT2D eigenvalue weighted by atomic mass is 10.2. The summed E-state index contributed by atoms with van der Waals surface area (Å²) in [7, 11) is 0. The molecule has 7 heteroatoms. The molecule has 0 aliphatic rings. The molecule has 120 valence electrons. The van der Waals surface area contributed by atoms with Crippen LogP contribution < -0.4 is 0 Å². The Kier molecular flexibility index (Phi) is 9.76. The van der Waals surface area contributed by atoms with E-state index in [4.69, 9.17) is 20.6 Å². The molecule has 0 spiro atoms. The second-order valence-corrected chi connectivity index (χ2v) is 4.10. The summed E-state index contributed by atoms with van der Waals surface area (Å²) < 4.78 is 14.9. The highest BCUT2D eigenvalue weighted by Crippen LogP contribution is 2.09. The number of nitrogens with zero attached hydrogens (tertiary/aromatic N) is 1. The molecule has 0 aromatic carbocycles. The molecule has 0 aliphatic carbocycles. The van der Waals surface area contributed by atoms with Gasteiger partial charge in [-0.2, -0.15) is 0 Å². The van der Waals surface area contributed by atoms with E-state index >= 15 is 0 Å². The number of carbonyl (C=O) groups is 3. The number of ether oxygens (including phenoxy) is 3. The number of rotatable bonds is 8. The van der Waals surface area contributed by atoms with Gasteiger partial charge in [-0.25, -0.2) is 0 Å². The molecule has 0 aromatic heterocycles. The lowest BCUT2D eigenvalue weighted by Gasteiger charge is -2.23. The van der Waals surface area contributed by atoms with Crippen molar-refractivity contribution in [2.24, 2.45) is 4.99 Å². The molecular formula is C15H19NO6. The molecular weight excluding hydrogens is 290 g/mol. The van der Waals surface area contributed by atoms with Gasteiger partial charge in [-0.3, -0.25) is 19.4 Å². The van der Waals surface area contributed by atoms with Gasteiger partial charge in [0.25, 0.3) is 0 Å². The molecule has 0 radical (unpaired) electrons. The summed E-state index contributed by atoms with van der Waals surface area (Å²) in [5, 5.41) is 0. The number of hydrogen-bond donors (Lipinski definition) is 0. The zero-order valence-electron chi connectivity index (χ0n) is 12.8. The number of allylic oxidation sites excluding steroid dienone is 1. The maximum atomic E-state index is 11.2. The zero-order chi connectivity index (χ0) is 17.0. The lowest BCUT2D eigenvalue weighted by molar-refractivity contribution is -0.169. The highest BCUT2D eigenvalue weighted by Gasteiger charge is 2.26. The van der Waals surface area contributed by atoms with Crippen LogP contribution in [0, 0.1) is 12.3 Å². The minimum atomic E-state index is -0.956. The Hall–Kier alpha value is -2.62. The minimum absolute atomic E-state index is 0.212. The first-order valence-electron chi connectivity index (χ1n) is 6.44. The Balaban J connectivity index is 5.01. The van der Waals surface area contributed by atoms with Crippen molar-refractivity contribution >= 4 is 24.1 Å². The van der Waals surface area contributed by atoms with E-state index < -0.39 is 30.1 Å². The molecule has 0 saturated carbocycles. The van der Waals surface area contributed by atoms with Crippen LogP contribution in [0.25, 0.3) is 0 Å². The van der Waals surface area contributed by atoms with Gasteiger partial charge in [0, 0.05) is 27.0 Å². The zero-order valence-corrected chi connectivity index (χ0v) is 12.8. The maximum Gasteiger partial charge on any atom is 0.303 e. The molecule has 2 atom stereocenters. The van der Waals surface area contributed by atoms with Gasteiger partial charge in [-0.05, 0) is 12.2 Å². The Morgan fingerprint density at radius 1 is 1.14 bits per heavy atom. The van der Waals surface area contributed by atoms with Crippen LogP contribution in [0.2, 0.25) is 0 Å². The fourth-order valence-corrected chi connectivity index (χ4v) is 1.36. The molecule has 0 amide bonds. The normalized spacial score (nSPS) is 13.4. The number of carbonyl (C=O) groups excluding carboxylic acids is 3. The quantitative estimate of drug-likeness (QED) is 0.283. The molecule has 0 bridgehead atoms. The lowest BCUT2D eigenvalue weighted by Crippen LogP contribution is -2.37. The van der Waals surface area contributed by atoms with Gasteiger partial charge in [0.2, 0.25) is 0 Å². The van der Waals surface area contributed by atoms with Gasteiger partial charge in [-0.1, -0.05) is 5.92 Å². The molecule has 0 rings (SSSR count). The summed E-state index contributed by atoms with van der Waals surface area (Å²) in [5.74, 6) is 0.615. The van der Waals surface area contributed by atoms with Crippen LogP contribution in [-0.4, -0.2) is 49.5 Å². The summed E-state index contributed by atoms with van der Waals surface area (Å²) in [6.45, 7) is 3.60. The summed E-state index contributed by atoms with van der Waals surface area (Å²) in [6.07, 6.45) is 7.55. The smallest absolute Gasteiger partial charge is 0.303 e. The maximum absolute atomic E-state index is 11.2. The topological polar surface area (TPSA) is 91.3 Å². The van der Waals surface area contributed by atoms with Crippen molar-refractivity contribution in [2.45, 2.75) is 33.0 Å². The number of terminal acetylenes is 1. The van der Waals surface area contributed by atoms with E-state index in [1.165, 1.54) is 39.1 Å². The molecule has 0 N–H and O–H groups in total. The van der Waals surface area contributed by atoms with Gasteiger partial charge in [0.05, 0.1) is 6.54 Å². The third-order valence-corrected chi connectivity index (χ3v) is 2.11. The average Bonchev–Trinajstić information content (AvgIpc) is 2.41. The number of hydrogen-bond acceptors (Lipinski definition) is 7. The average molecular weight is 309 g/mol. The van der Waals surface area contributed by atoms with E-state index in [9.17, 15) is 14.4 Å². The van der Waals surface area contributed by atoms with Gasteiger partial charge in [0.15, 0.2) is 12.2 Å². The Labute approximate surface area is 129 Å². The fraction of sp³-hybridized carbons (Fsp3) is 0.467. The van der Waals surface area contributed by atoms with E-state index in [0.717, 1.165) is 0 Å². The van der Waals surface area contributed by atoms with E-state index in [1.54, 1.807) is 0 Å².